The van der Waals surface area contributed by atoms with Gasteiger partial charge in [0, 0.05) is 18.5 Å². The minimum absolute atomic E-state index is 0.0295. The number of hydrogen-bond acceptors (Lipinski definition) is 4. The fourth-order valence-corrected chi connectivity index (χ4v) is 4.44. The molecule has 2 aliphatic rings. The molecule has 0 bridgehead atoms. The maximum absolute atomic E-state index is 13.4. The molecule has 0 aromatic heterocycles. The number of anilines is 2. The van der Waals surface area contributed by atoms with Crippen molar-refractivity contribution >= 4 is 23.2 Å². The molecular formula is C23H27N3O3. The second-order valence-corrected chi connectivity index (χ2v) is 7.78. The van der Waals surface area contributed by atoms with Crippen molar-refractivity contribution in [3.05, 3.63) is 54.1 Å². The van der Waals surface area contributed by atoms with Crippen molar-refractivity contribution in [1.29, 1.82) is 0 Å². The number of fused-ring (bicyclic) bond motifs is 1. The van der Waals surface area contributed by atoms with Crippen LogP contribution in [0.3, 0.4) is 0 Å². The quantitative estimate of drug-likeness (QED) is 0.862. The molecule has 1 saturated heterocycles. The predicted octanol–water partition coefficient (Wildman–Crippen LogP) is 3.60. The zero-order valence-corrected chi connectivity index (χ0v) is 16.9. The van der Waals surface area contributed by atoms with E-state index in [4.69, 9.17) is 4.74 Å². The number of para-hydroxylation sites is 2. The smallest absolute Gasteiger partial charge is 0.241 e. The van der Waals surface area contributed by atoms with E-state index in [0.717, 1.165) is 30.8 Å². The Morgan fingerprint density at radius 1 is 1.17 bits per heavy atom. The van der Waals surface area contributed by atoms with Crippen molar-refractivity contribution in [1.82, 2.24) is 4.90 Å². The number of ether oxygens (including phenoxy) is 1. The molecule has 2 aromatic carbocycles. The number of rotatable bonds is 4. The van der Waals surface area contributed by atoms with Crippen LogP contribution in [-0.4, -0.2) is 43.0 Å². The predicted molar refractivity (Wildman–Crippen MR) is 113 cm³/mol. The molecule has 2 atom stereocenters. The van der Waals surface area contributed by atoms with Gasteiger partial charge in [0.05, 0.1) is 25.0 Å². The Hall–Kier alpha value is -2.86. The van der Waals surface area contributed by atoms with Gasteiger partial charge in [-0.1, -0.05) is 24.3 Å². The summed E-state index contributed by atoms with van der Waals surface area (Å²) < 4.78 is 5.26. The van der Waals surface area contributed by atoms with Crippen molar-refractivity contribution in [3.8, 4) is 5.75 Å². The van der Waals surface area contributed by atoms with Gasteiger partial charge in [0.25, 0.3) is 0 Å². The zero-order valence-electron chi connectivity index (χ0n) is 16.9. The Morgan fingerprint density at radius 2 is 1.93 bits per heavy atom. The second kappa shape index (κ2) is 8.25. The third kappa shape index (κ3) is 3.98. The fraction of sp³-hybridized carbons (Fsp3) is 0.391. The molecule has 0 saturated carbocycles. The third-order valence-electron chi connectivity index (χ3n) is 5.83. The Morgan fingerprint density at radius 3 is 2.69 bits per heavy atom. The van der Waals surface area contributed by atoms with Crippen molar-refractivity contribution in [2.75, 3.05) is 30.4 Å². The molecule has 2 aromatic rings. The molecule has 0 unspecified atom stereocenters. The summed E-state index contributed by atoms with van der Waals surface area (Å²) in [6.07, 6.45) is 2.39. The van der Waals surface area contributed by atoms with Gasteiger partial charge in [0.1, 0.15) is 5.75 Å². The first-order valence-corrected chi connectivity index (χ1v) is 10.2. The topological polar surface area (TPSA) is 61.9 Å². The minimum Gasteiger partial charge on any atom is -0.497 e. The maximum atomic E-state index is 13.4. The number of hydrogen-bond donors (Lipinski definition) is 1. The first-order valence-electron chi connectivity index (χ1n) is 10.2. The van der Waals surface area contributed by atoms with E-state index in [1.807, 2.05) is 43.3 Å². The molecule has 0 aliphatic carbocycles. The lowest BCUT2D eigenvalue weighted by molar-refractivity contribution is -0.120. The molecule has 2 heterocycles. The van der Waals surface area contributed by atoms with E-state index in [-0.39, 0.29) is 23.9 Å². The van der Waals surface area contributed by atoms with Crippen molar-refractivity contribution in [2.24, 2.45) is 0 Å². The minimum atomic E-state index is -0.187. The van der Waals surface area contributed by atoms with E-state index in [0.29, 0.717) is 18.7 Å². The average Bonchev–Trinajstić information content (AvgIpc) is 3.12. The number of carbonyl (C=O) groups excluding carboxylic acids is 2. The van der Waals surface area contributed by atoms with Crippen LogP contribution >= 0.6 is 0 Å². The van der Waals surface area contributed by atoms with E-state index >= 15 is 0 Å². The van der Waals surface area contributed by atoms with E-state index in [1.54, 1.807) is 12.0 Å². The highest BCUT2D eigenvalue weighted by Gasteiger charge is 2.33. The highest BCUT2D eigenvalue weighted by Crippen LogP contribution is 2.35. The summed E-state index contributed by atoms with van der Waals surface area (Å²) in [5.41, 5.74) is 2.68. The number of likely N-dealkylation sites (tertiary alicyclic amines) is 1. The SMILES string of the molecule is COc1ccc([C@H]2CCCN2CC(=O)N2c3ccccc3NC(=O)C[C@H]2C)cc1. The Labute approximate surface area is 171 Å². The van der Waals surface area contributed by atoms with Gasteiger partial charge in [-0.15, -0.1) is 0 Å². The first-order chi connectivity index (χ1) is 14.1. The highest BCUT2D eigenvalue weighted by atomic mass is 16.5. The number of amides is 2. The van der Waals surface area contributed by atoms with Gasteiger partial charge in [-0.05, 0) is 56.1 Å². The number of nitrogens with zero attached hydrogens (tertiary/aromatic N) is 2. The lowest BCUT2D eigenvalue weighted by atomic mass is 10.0. The molecular weight excluding hydrogens is 366 g/mol. The van der Waals surface area contributed by atoms with Crippen molar-refractivity contribution < 1.29 is 14.3 Å². The lowest BCUT2D eigenvalue weighted by Crippen LogP contribution is -2.45. The molecule has 0 spiro atoms. The van der Waals surface area contributed by atoms with E-state index < -0.39 is 0 Å². The molecule has 6 nitrogen and oxygen atoms in total. The van der Waals surface area contributed by atoms with Crippen LogP contribution in [0.2, 0.25) is 0 Å². The van der Waals surface area contributed by atoms with Gasteiger partial charge in [-0.3, -0.25) is 14.5 Å². The van der Waals surface area contributed by atoms with Crippen LogP contribution in [0.4, 0.5) is 11.4 Å². The third-order valence-corrected chi connectivity index (χ3v) is 5.83. The normalized spacial score (nSPS) is 22.0. The molecule has 6 heteroatoms. The van der Waals surface area contributed by atoms with E-state index in [2.05, 4.69) is 22.3 Å². The monoisotopic (exact) mass is 393 g/mol. The van der Waals surface area contributed by atoms with Gasteiger partial charge in [-0.25, -0.2) is 0 Å². The van der Waals surface area contributed by atoms with Gasteiger partial charge in [0.2, 0.25) is 11.8 Å². The van der Waals surface area contributed by atoms with Crippen molar-refractivity contribution in [2.45, 2.75) is 38.3 Å². The van der Waals surface area contributed by atoms with Gasteiger partial charge in [-0.2, -0.15) is 0 Å². The largest absolute Gasteiger partial charge is 0.497 e. The number of carbonyl (C=O) groups is 2. The molecule has 4 rings (SSSR count). The summed E-state index contributed by atoms with van der Waals surface area (Å²) in [7, 11) is 1.66. The van der Waals surface area contributed by atoms with Crippen LogP contribution < -0.4 is 15.0 Å². The van der Waals surface area contributed by atoms with Gasteiger partial charge in [0.15, 0.2) is 0 Å². The first kappa shape index (κ1) is 19.5. The summed E-state index contributed by atoms with van der Waals surface area (Å²) in [6, 6.07) is 15.7. The Balaban J connectivity index is 1.55. The zero-order chi connectivity index (χ0) is 20.4. The average molecular weight is 393 g/mol. The molecule has 1 N–H and O–H groups in total. The molecule has 2 amide bonds. The van der Waals surface area contributed by atoms with Gasteiger partial charge < -0.3 is 15.0 Å². The Bertz CT molecular complexity index is 896. The lowest BCUT2D eigenvalue weighted by Gasteiger charge is -2.31. The van der Waals surface area contributed by atoms with Crippen LogP contribution in [0.25, 0.3) is 0 Å². The molecule has 29 heavy (non-hydrogen) atoms. The van der Waals surface area contributed by atoms with Crippen LogP contribution in [-0.2, 0) is 9.59 Å². The summed E-state index contributed by atoms with van der Waals surface area (Å²) >= 11 is 0. The number of methoxy groups -OCH3 is 1. The van der Waals surface area contributed by atoms with Gasteiger partial charge >= 0.3 is 0 Å². The summed E-state index contributed by atoms with van der Waals surface area (Å²) in [5, 5.41) is 2.92. The van der Waals surface area contributed by atoms with Crippen LogP contribution in [0, 0.1) is 0 Å². The summed E-state index contributed by atoms with van der Waals surface area (Å²) in [5.74, 6) is 0.806. The molecule has 2 aliphatic heterocycles. The summed E-state index contributed by atoms with van der Waals surface area (Å²) in [6.45, 7) is 3.16. The van der Waals surface area contributed by atoms with Crippen LogP contribution in [0.5, 0.6) is 5.75 Å². The second-order valence-electron chi connectivity index (χ2n) is 7.78. The van der Waals surface area contributed by atoms with Crippen LogP contribution in [0.15, 0.2) is 48.5 Å². The number of benzene rings is 2. The molecule has 152 valence electrons. The van der Waals surface area contributed by atoms with Crippen LogP contribution in [0.1, 0.15) is 37.8 Å². The van der Waals surface area contributed by atoms with E-state index in [1.165, 1.54) is 5.56 Å². The standard InChI is InChI=1S/C23H27N3O3/c1-16-14-22(27)24-19-6-3-4-7-21(19)26(16)23(28)15-25-13-5-8-20(25)17-9-11-18(29-2)12-10-17/h3-4,6-7,9-12,16,20H,5,8,13-15H2,1-2H3,(H,24,27)/t16-,20-/m1/s1. The molecule has 0 radical (unpaired) electrons. The summed E-state index contributed by atoms with van der Waals surface area (Å²) in [4.78, 5) is 29.6. The Kier molecular flexibility index (Phi) is 5.53. The van der Waals surface area contributed by atoms with Crippen molar-refractivity contribution in [3.63, 3.8) is 0 Å². The number of nitrogens with one attached hydrogen (secondary N) is 1. The highest BCUT2D eigenvalue weighted by molar-refractivity contribution is 6.04. The molecule has 1 fully saturated rings. The maximum Gasteiger partial charge on any atom is 0.241 e. The fourth-order valence-electron chi connectivity index (χ4n) is 4.44. The van der Waals surface area contributed by atoms with E-state index in [9.17, 15) is 9.59 Å².